The number of ether oxygens (including phenoxy) is 2. The van der Waals surface area contributed by atoms with E-state index < -0.39 is 16.0 Å². The standard InChI is InChI=1S/C13H16BrNO5S/c14-11-2-1-10(7-12(11)21(15,17)18)13(16)20-8-9-3-5-19-6-4-9/h1-2,7,9H,3-6,8H2,(H2,15,17,18). The monoisotopic (exact) mass is 377 g/mol. The highest BCUT2D eigenvalue weighted by Crippen LogP contribution is 2.23. The van der Waals surface area contributed by atoms with Crippen LogP contribution in [0.5, 0.6) is 0 Å². The van der Waals surface area contributed by atoms with Crippen molar-refractivity contribution < 1.29 is 22.7 Å². The molecule has 2 N–H and O–H groups in total. The molecule has 1 saturated heterocycles. The topological polar surface area (TPSA) is 95.7 Å². The number of primary sulfonamides is 1. The highest BCUT2D eigenvalue weighted by molar-refractivity contribution is 9.10. The molecule has 1 fully saturated rings. The maximum Gasteiger partial charge on any atom is 0.338 e. The minimum absolute atomic E-state index is 0.136. The van der Waals surface area contributed by atoms with E-state index in [1.807, 2.05) is 0 Å². The Bertz CT molecular complexity index is 625. The fourth-order valence-electron chi connectivity index (χ4n) is 2.04. The van der Waals surface area contributed by atoms with Gasteiger partial charge in [-0.2, -0.15) is 0 Å². The van der Waals surface area contributed by atoms with Crippen molar-refractivity contribution in [3.8, 4) is 0 Å². The van der Waals surface area contributed by atoms with Gasteiger partial charge in [-0.25, -0.2) is 18.4 Å². The third-order valence-corrected chi connectivity index (χ3v) is 5.17. The summed E-state index contributed by atoms with van der Waals surface area (Å²) in [5.74, 6) is -0.269. The van der Waals surface area contributed by atoms with E-state index in [0.29, 0.717) is 24.3 Å². The first kappa shape index (κ1) is 16.4. The molecular weight excluding hydrogens is 362 g/mol. The molecule has 0 unspecified atom stereocenters. The second-order valence-electron chi connectivity index (χ2n) is 4.84. The van der Waals surface area contributed by atoms with Gasteiger partial charge < -0.3 is 9.47 Å². The molecule has 1 heterocycles. The number of rotatable bonds is 4. The van der Waals surface area contributed by atoms with Crippen LogP contribution in [0.1, 0.15) is 23.2 Å². The van der Waals surface area contributed by atoms with E-state index in [9.17, 15) is 13.2 Å². The molecule has 21 heavy (non-hydrogen) atoms. The molecule has 0 atom stereocenters. The number of hydrogen-bond acceptors (Lipinski definition) is 5. The van der Waals surface area contributed by atoms with E-state index >= 15 is 0 Å². The number of halogens is 1. The van der Waals surface area contributed by atoms with Crippen molar-refractivity contribution in [2.24, 2.45) is 11.1 Å². The first-order valence-corrected chi connectivity index (χ1v) is 8.79. The zero-order valence-corrected chi connectivity index (χ0v) is 13.7. The third-order valence-electron chi connectivity index (χ3n) is 3.26. The minimum atomic E-state index is -3.90. The van der Waals surface area contributed by atoms with Crippen molar-refractivity contribution in [1.29, 1.82) is 0 Å². The van der Waals surface area contributed by atoms with Gasteiger partial charge in [-0.3, -0.25) is 0 Å². The van der Waals surface area contributed by atoms with Gasteiger partial charge >= 0.3 is 5.97 Å². The Morgan fingerprint density at radius 1 is 1.38 bits per heavy atom. The summed E-state index contributed by atoms with van der Waals surface area (Å²) in [5.41, 5.74) is 0.161. The molecule has 1 aliphatic heterocycles. The normalized spacial score (nSPS) is 16.7. The Balaban J connectivity index is 2.05. The van der Waals surface area contributed by atoms with Gasteiger partial charge in [-0.15, -0.1) is 0 Å². The first-order chi connectivity index (χ1) is 9.88. The summed E-state index contributed by atoms with van der Waals surface area (Å²) in [6.45, 7) is 1.66. The number of esters is 1. The van der Waals surface area contributed by atoms with Crippen LogP contribution >= 0.6 is 15.9 Å². The van der Waals surface area contributed by atoms with Gasteiger partial charge in [0.05, 0.1) is 17.1 Å². The average Bonchev–Trinajstić information content (AvgIpc) is 2.45. The van der Waals surface area contributed by atoms with Gasteiger partial charge in [-0.1, -0.05) is 0 Å². The minimum Gasteiger partial charge on any atom is -0.462 e. The Hall–Kier alpha value is -0.960. The van der Waals surface area contributed by atoms with Gasteiger partial charge in [0, 0.05) is 17.7 Å². The van der Waals surface area contributed by atoms with Crippen molar-refractivity contribution in [3.63, 3.8) is 0 Å². The molecule has 116 valence electrons. The van der Waals surface area contributed by atoms with Crippen LogP contribution in [0.25, 0.3) is 0 Å². The number of carbonyl (C=O) groups excluding carboxylic acids is 1. The molecule has 0 aromatic heterocycles. The van der Waals surface area contributed by atoms with Gasteiger partial charge in [0.15, 0.2) is 0 Å². The van der Waals surface area contributed by atoms with E-state index in [-0.39, 0.29) is 16.4 Å². The van der Waals surface area contributed by atoms with Crippen LogP contribution in [0, 0.1) is 5.92 Å². The largest absolute Gasteiger partial charge is 0.462 e. The smallest absolute Gasteiger partial charge is 0.338 e. The SMILES string of the molecule is NS(=O)(=O)c1cc(C(=O)OCC2CCOCC2)ccc1Br. The highest BCUT2D eigenvalue weighted by Gasteiger charge is 2.19. The lowest BCUT2D eigenvalue weighted by molar-refractivity contribution is 0.0185. The van der Waals surface area contributed by atoms with Crippen LogP contribution in [-0.4, -0.2) is 34.2 Å². The summed E-state index contributed by atoms with van der Waals surface area (Å²) in [6.07, 6.45) is 1.71. The Kier molecular flexibility index (Phi) is 5.37. The molecule has 0 amide bonds. The van der Waals surface area contributed by atoms with Crippen LogP contribution in [0.4, 0.5) is 0 Å². The zero-order chi connectivity index (χ0) is 15.5. The molecular formula is C13H16BrNO5S. The maximum atomic E-state index is 12.0. The summed E-state index contributed by atoms with van der Waals surface area (Å²) >= 11 is 3.09. The number of sulfonamides is 1. The molecule has 0 saturated carbocycles. The lowest BCUT2D eigenvalue weighted by atomic mass is 10.0. The molecule has 1 aromatic carbocycles. The Labute approximate surface area is 131 Å². The van der Waals surface area contributed by atoms with Crippen LogP contribution < -0.4 is 5.14 Å². The summed E-state index contributed by atoms with van der Waals surface area (Å²) < 4.78 is 33.6. The molecule has 1 aliphatic rings. The fourth-order valence-corrected chi connectivity index (χ4v) is 3.59. The molecule has 2 rings (SSSR count). The second-order valence-corrected chi connectivity index (χ2v) is 7.23. The molecule has 0 bridgehead atoms. The second kappa shape index (κ2) is 6.87. The lowest BCUT2D eigenvalue weighted by Gasteiger charge is -2.21. The molecule has 6 nitrogen and oxygen atoms in total. The third kappa shape index (κ3) is 4.50. The fraction of sp³-hybridized carbons (Fsp3) is 0.462. The molecule has 0 aliphatic carbocycles. The first-order valence-electron chi connectivity index (χ1n) is 6.45. The van der Waals surface area contributed by atoms with E-state index in [0.717, 1.165) is 12.8 Å². The number of hydrogen-bond donors (Lipinski definition) is 1. The zero-order valence-electron chi connectivity index (χ0n) is 11.2. The van der Waals surface area contributed by atoms with Crippen LogP contribution in [0.3, 0.4) is 0 Å². The van der Waals surface area contributed by atoms with Gasteiger partial charge in [-0.05, 0) is 52.9 Å². The van der Waals surface area contributed by atoms with Crippen molar-refractivity contribution in [2.45, 2.75) is 17.7 Å². The Morgan fingerprint density at radius 3 is 2.67 bits per heavy atom. The van der Waals surface area contributed by atoms with E-state index in [1.54, 1.807) is 0 Å². The van der Waals surface area contributed by atoms with Crippen molar-refractivity contribution in [1.82, 2.24) is 0 Å². The van der Waals surface area contributed by atoms with Crippen molar-refractivity contribution in [2.75, 3.05) is 19.8 Å². The number of benzene rings is 1. The molecule has 8 heteroatoms. The Morgan fingerprint density at radius 2 is 2.05 bits per heavy atom. The summed E-state index contributed by atoms with van der Waals surface area (Å²) in [5, 5.41) is 5.09. The molecule has 1 aromatic rings. The average molecular weight is 378 g/mol. The highest BCUT2D eigenvalue weighted by atomic mass is 79.9. The molecule has 0 spiro atoms. The van der Waals surface area contributed by atoms with E-state index in [2.05, 4.69) is 15.9 Å². The maximum absolute atomic E-state index is 12.0. The summed E-state index contributed by atoms with van der Waals surface area (Å²) in [6, 6.07) is 4.17. The quantitative estimate of drug-likeness (QED) is 0.805. The predicted octanol–water partition coefficient (Wildman–Crippen LogP) is 1.68. The lowest BCUT2D eigenvalue weighted by Crippen LogP contribution is -2.22. The van der Waals surface area contributed by atoms with Crippen LogP contribution in [0.2, 0.25) is 0 Å². The van der Waals surface area contributed by atoms with Gasteiger partial charge in [0.25, 0.3) is 0 Å². The summed E-state index contributed by atoms with van der Waals surface area (Å²) in [4.78, 5) is 11.8. The van der Waals surface area contributed by atoms with E-state index in [1.165, 1.54) is 18.2 Å². The van der Waals surface area contributed by atoms with E-state index in [4.69, 9.17) is 14.6 Å². The van der Waals surface area contributed by atoms with Crippen LogP contribution in [0.15, 0.2) is 27.6 Å². The van der Waals surface area contributed by atoms with Crippen LogP contribution in [-0.2, 0) is 19.5 Å². The summed E-state index contributed by atoms with van der Waals surface area (Å²) in [7, 11) is -3.90. The molecule has 0 radical (unpaired) electrons. The predicted molar refractivity (Wildman–Crippen MR) is 79.3 cm³/mol. The van der Waals surface area contributed by atoms with Gasteiger partial charge in [0.2, 0.25) is 10.0 Å². The van der Waals surface area contributed by atoms with Gasteiger partial charge in [0.1, 0.15) is 0 Å². The number of nitrogens with two attached hydrogens (primary N) is 1. The number of carbonyl (C=O) groups is 1. The van der Waals surface area contributed by atoms with Crippen molar-refractivity contribution in [3.05, 3.63) is 28.2 Å². The van der Waals surface area contributed by atoms with Crippen molar-refractivity contribution >= 4 is 31.9 Å².